The Labute approximate surface area is 115 Å². The zero-order valence-electron chi connectivity index (χ0n) is 9.89. The number of hydrogen-bond donors (Lipinski definition) is 1. The predicted molar refractivity (Wildman–Crippen MR) is 72.0 cm³/mol. The molecule has 18 heavy (non-hydrogen) atoms. The SMILES string of the molecule is NC(=O)C1CCN(CC(=O)c2ccc(Cl)s2)CC1. The van der Waals surface area contributed by atoms with Crippen molar-refractivity contribution in [3.05, 3.63) is 21.3 Å². The number of thiophene rings is 1. The molecule has 98 valence electrons. The lowest BCUT2D eigenvalue weighted by Crippen LogP contribution is -2.40. The topological polar surface area (TPSA) is 63.4 Å². The lowest BCUT2D eigenvalue weighted by atomic mass is 9.96. The van der Waals surface area contributed by atoms with Gasteiger partial charge in [0.1, 0.15) is 0 Å². The van der Waals surface area contributed by atoms with Crippen molar-refractivity contribution in [2.75, 3.05) is 19.6 Å². The zero-order valence-corrected chi connectivity index (χ0v) is 11.5. The third-order valence-electron chi connectivity index (χ3n) is 3.21. The van der Waals surface area contributed by atoms with E-state index in [9.17, 15) is 9.59 Å². The molecule has 1 aliphatic heterocycles. The molecule has 6 heteroatoms. The fourth-order valence-corrected chi connectivity index (χ4v) is 3.09. The van der Waals surface area contributed by atoms with Crippen LogP contribution in [0.4, 0.5) is 0 Å². The van der Waals surface area contributed by atoms with Crippen LogP contribution in [0.1, 0.15) is 22.5 Å². The molecule has 0 bridgehead atoms. The van der Waals surface area contributed by atoms with E-state index in [0.29, 0.717) is 15.8 Å². The number of halogens is 1. The van der Waals surface area contributed by atoms with Crippen LogP contribution in [-0.4, -0.2) is 36.2 Å². The third-order valence-corrected chi connectivity index (χ3v) is 4.48. The first-order chi connectivity index (χ1) is 8.56. The Morgan fingerprint density at radius 3 is 2.56 bits per heavy atom. The van der Waals surface area contributed by atoms with Crippen molar-refractivity contribution in [2.24, 2.45) is 11.7 Å². The van der Waals surface area contributed by atoms with Crippen LogP contribution >= 0.6 is 22.9 Å². The maximum Gasteiger partial charge on any atom is 0.220 e. The third kappa shape index (κ3) is 3.31. The summed E-state index contributed by atoms with van der Waals surface area (Å²) in [7, 11) is 0. The van der Waals surface area contributed by atoms with Crippen LogP contribution in [0, 0.1) is 5.92 Å². The molecule has 1 aromatic rings. The standard InChI is InChI=1S/C12H15ClN2O2S/c13-11-2-1-10(18-11)9(16)7-15-5-3-8(4-6-15)12(14)17/h1-2,8H,3-7H2,(H2,14,17). The molecule has 0 aromatic carbocycles. The Bertz CT molecular complexity index is 453. The van der Waals surface area contributed by atoms with E-state index >= 15 is 0 Å². The van der Waals surface area contributed by atoms with Gasteiger partial charge in [-0.15, -0.1) is 11.3 Å². The average molecular weight is 287 g/mol. The molecular weight excluding hydrogens is 272 g/mol. The number of nitrogens with zero attached hydrogens (tertiary/aromatic N) is 1. The minimum atomic E-state index is -0.231. The van der Waals surface area contributed by atoms with Crippen LogP contribution in [-0.2, 0) is 4.79 Å². The summed E-state index contributed by atoms with van der Waals surface area (Å²) in [5.74, 6) is -0.178. The largest absolute Gasteiger partial charge is 0.369 e. The van der Waals surface area contributed by atoms with Gasteiger partial charge >= 0.3 is 0 Å². The minimum absolute atomic E-state index is 0.0347. The Morgan fingerprint density at radius 2 is 2.06 bits per heavy atom. The molecule has 0 spiro atoms. The van der Waals surface area contributed by atoms with Gasteiger partial charge in [0.05, 0.1) is 15.8 Å². The van der Waals surface area contributed by atoms with Gasteiger partial charge in [-0.1, -0.05) is 11.6 Å². The van der Waals surface area contributed by atoms with Gasteiger partial charge in [-0.3, -0.25) is 14.5 Å². The van der Waals surface area contributed by atoms with Gasteiger partial charge in [-0.2, -0.15) is 0 Å². The number of amides is 1. The van der Waals surface area contributed by atoms with Gasteiger partial charge in [0.15, 0.2) is 5.78 Å². The summed E-state index contributed by atoms with van der Waals surface area (Å²) < 4.78 is 0.630. The maximum absolute atomic E-state index is 12.0. The van der Waals surface area contributed by atoms with Crippen LogP contribution in [0.25, 0.3) is 0 Å². The summed E-state index contributed by atoms with van der Waals surface area (Å²) in [4.78, 5) is 25.7. The van der Waals surface area contributed by atoms with Gasteiger partial charge in [-0.05, 0) is 38.1 Å². The molecule has 2 rings (SSSR count). The summed E-state index contributed by atoms with van der Waals surface area (Å²) >= 11 is 7.11. The van der Waals surface area contributed by atoms with E-state index in [1.807, 2.05) is 0 Å². The van der Waals surface area contributed by atoms with Crippen molar-refractivity contribution in [1.29, 1.82) is 0 Å². The molecule has 1 fully saturated rings. The van der Waals surface area contributed by atoms with Gasteiger partial charge in [0.25, 0.3) is 0 Å². The van der Waals surface area contributed by atoms with Crippen LogP contribution in [0.5, 0.6) is 0 Å². The molecule has 4 nitrogen and oxygen atoms in total. The summed E-state index contributed by atoms with van der Waals surface area (Å²) in [6.45, 7) is 1.89. The highest BCUT2D eigenvalue weighted by atomic mass is 35.5. The first kappa shape index (κ1) is 13.5. The van der Waals surface area contributed by atoms with E-state index in [1.54, 1.807) is 12.1 Å². The Hall–Kier alpha value is -0.910. The van der Waals surface area contributed by atoms with Gasteiger partial charge in [0.2, 0.25) is 5.91 Å². The highest BCUT2D eigenvalue weighted by Crippen LogP contribution is 2.23. The second kappa shape index (κ2) is 5.82. The highest BCUT2D eigenvalue weighted by molar-refractivity contribution is 7.18. The summed E-state index contributed by atoms with van der Waals surface area (Å²) in [6, 6.07) is 3.49. The van der Waals surface area contributed by atoms with Gasteiger partial charge < -0.3 is 5.73 Å². The lowest BCUT2D eigenvalue weighted by Gasteiger charge is -2.29. The summed E-state index contributed by atoms with van der Waals surface area (Å²) in [6.07, 6.45) is 1.49. The second-order valence-electron chi connectivity index (χ2n) is 4.48. The molecule has 1 aliphatic rings. The van der Waals surface area contributed by atoms with E-state index in [-0.39, 0.29) is 17.6 Å². The smallest absolute Gasteiger partial charge is 0.220 e. The molecule has 0 radical (unpaired) electrons. The van der Waals surface area contributed by atoms with Crippen molar-refractivity contribution < 1.29 is 9.59 Å². The van der Waals surface area contributed by atoms with Crippen LogP contribution in [0.3, 0.4) is 0 Å². The van der Waals surface area contributed by atoms with Crippen molar-refractivity contribution >= 4 is 34.6 Å². The molecule has 0 saturated carbocycles. The number of rotatable bonds is 4. The number of nitrogens with two attached hydrogens (primary N) is 1. The number of carbonyl (C=O) groups excluding carboxylic acids is 2. The fourth-order valence-electron chi connectivity index (χ4n) is 2.12. The molecular formula is C12H15ClN2O2S. The first-order valence-corrected chi connectivity index (χ1v) is 7.06. The Morgan fingerprint density at radius 1 is 1.39 bits per heavy atom. The average Bonchev–Trinajstić information content (AvgIpc) is 2.76. The Balaban J connectivity index is 1.85. The van der Waals surface area contributed by atoms with E-state index in [4.69, 9.17) is 17.3 Å². The second-order valence-corrected chi connectivity index (χ2v) is 6.19. The van der Waals surface area contributed by atoms with Gasteiger partial charge in [0, 0.05) is 5.92 Å². The normalized spacial score (nSPS) is 17.8. The number of ketones is 1. The number of carbonyl (C=O) groups is 2. The molecule has 1 saturated heterocycles. The molecule has 1 aromatic heterocycles. The number of hydrogen-bond acceptors (Lipinski definition) is 4. The summed E-state index contributed by atoms with van der Waals surface area (Å²) in [5.41, 5.74) is 5.27. The van der Waals surface area contributed by atoms with E-state index in [2.05, 4.69) is 4.90 Å². The number of likely N-dealkylation sites (tertiary alicyclic amines) is 1. The monoisotopic (exact) mass is 286 g/mol. The van der Waals surface area contributed by atoms with E-state index in [1.165, 1.54) is 11.3 Å². The molecule has 0 atom stereocenters. The quantitative estimate of drug-likeness (QED) is 0.858. The maximum atomic E-state index is 12.0. The molecule has 1 amide bonds. The molecule has 2 N–H and O–H groups in total. The van der Waals surface area contributed by atoms with E-state index in [0.717, 1.165) is 25.9 Å². The van der Waals surface area contributed by atoms with E-state index < -0.39 is 0 Å². The molecule has 2 heterocycles. The predicted octanol–water partition coefficient (Wildman–Crippen LogP) is 1.78. The fraction of sp³-hybridized carbons (Fsp3) is 0.500. The number of Topliss-reactive ketones (excluding diaryl/α,β-unsaturated/α-hetero) is 1. The molecule has 0 aliphatic carbocycles. The van der Waals surface area contributed by atoms with Crippen molar-refractivity contribution in [1.82, 2.24) is 4.90 Å². The number of piperidine rings is 1. The Kier molecular flexibility index (Phi) is 4.37. The highest BCUT2D eigenvalue weighted by Gasteiger charge is 2.24. The van der Waals surface area contributed by atoms with Crippen molar-refractivity contribution in [2.45, 2.75) is 12.8 Å². The zero-order chi connectivity index (χ0) is 13.1. The van der Waals surface area contributed by atoms with Crippen LogP contribution in [0.2, 0.25) is 4.34 Å². The number of primary amides is 1. The van der Waals surface area contributed by atoms with Gasteiger partial charge in [-0.25, -0.2) is 0 Å². The van der Waals surface area contributed by atoms with Crippen LogP contribution < -0.4 is 5.73 Å². The lowest BCUT2D eigenvalue weighted by molar-refractivity contribution is -0.123. The van der Waals surface area contributed by atoms with Crippen molar-refractivity contribution in [3.63, 3.8) is 0 Å². The minimum Gasteiger partial charge on any atom is -0.369 e. The summed E-state index contributed by atoms with van der Waals surface area (Å²) in [5, 5.41) is 0. The van der Waals surface area contributed by atoms with Crippen molar-refractivity contribution in [3.8, 4) is 0 Å². The first-order valence-electron chi connectivity index (χ1n) is 5.86. The molecule has 0 unspecified atom stereocenters. The van der Waals surface area contributed by atoms with Crippen LogP contribution in [0.15, 0.2) is 12.1 Å².